The Balaban J connectivity index is 1.61. The molecule has 2 aliphatic rings. The van der Waals surface area contributed by atoms with E-state index in [-0.39, 0.29) is 23.0 Å². The zero-order valence-corrected chi connectivity index (χ0v) is 17.3. The molecule has 0 aliphatic carbocycles. The Kier molecular flexibility index (Phi) is 5.87. The zero-order valence-electron chi connectivity index (χ0n) is 15.7. The first-order valence-electron chi connectivity index (χ1n) is 8.90. The van der Waals surface area contributed by atoms with Crippen LogP contribution < -0.4 is 5.46 Å². The third kappa shape index (κ3) is 4.19. The van der Waals surface area contributed by atoms with Crippen molar-refractivity contribution in [3.63, 3.8) is 0 Å². The number of piperidine rings is 1. The standard InChI is InChI=1S/C17H25BClN3O3S/c1-16(2)17(3,4)25-18(24-16)12-9-20-15(21-10-12)26-13-6-5-7-22(11-13)14(23)8-19/h9-10,13H,5-8,11H2,1-4H3/t13-/m1/s1. The molecule has 0 saturated carbocycles. The number of carbonyl (C=O) groups is 1. The van der Waals surface area contributed by atoms with Crippen LogP contribution in [0.2, 0.25) is 0 Å². The first-order chi connectivity index (χ1) is 12.2. The molecule has 0 unspecified atom stereocenters. The van der Waals surface area contributed by atoms with Gasteiger partial charge in [-0.25, -0.2) is 9.97 Å². The molecule has 3 rings (SSSR count). The summed E-state index contributed by atoms with van der Waals surface area (Å²) in [5, 5.41) is 0.994. The van der Waals surface area contributed by atoms with E-state index in [4.69, 9.17) is 20.9 Å². The highest BCUT2D eigenvalue weighted by Gasteiger charge is 2.51. The molecule has 9 heteroatoms. The Morgan fingerprint density at radius 3 is 2.50 bits per heavy atom. The highest BCUT2D eigenvalue weighted by atomic mass is 35.5. The van der Waals surface area contributed by atoms with E-state index in [9.17, 15) is 4.79 Å². The number of alkyl halides is 1. The van der Waals surface area contributed by atoms with Gasteiger partial charge in [0.2, 0.25) is 5.91 Å². The minimum absolute atomic E-state index is 0.00556. The van der Waals surface area contributed by atoms with Gasteiger partial charge in [-0.1, -0.05) is 11.8 Å². The first-order valence-corrected chi connectivity index (χ1v) is 10.3. The molecule has 1 atom stereocenters. The molecule has 0 N–H and O–H groups in total. The number of nitrogens with zero attached hydrogens (tertiary/aromatic N) is 3. The van der Waals surface area contributed by atoms with Gasteiger partial charge in [-0.15, -0.1) is 11.6 Å². The number of halogens is 1. The van der Waals surface area contributed by atoms with Gasteiger partial charge in [0.25, 0.3) is 0 Å². The number of likely N-dealkylation sites (tertiary alicyclic amines) is 1. The summed E-state index contributed by atoms with van der Waals surface area (Å²) in [6.45, 7) is 9.57. The summed E-state index contributed by atoms with van der Waals surface area (Å²) in [5.74, 6) is 0.0328. The molecule has 142 valence electrons. The second-order valence-electron chi connectivity index (χ2n) is 7.74. The summed E-state index contributed by atoms with van der Waals surface area (Å²) >= 11 is 7.27. The van der Waals surface area contributed by atoms with Crippen LogP contribution in [0.3, 0.4) is 0 Å². The van der Waals surface area contributed by atoms with Gasteiger partial charge in [-0.2, -0.15) is 0 Å². The number of hydrogen-bond acceptors (Lipinski definition) is 6. The highest BCUT2D eigenvalue weighted by molar-refractivity contribution is 7.99. The number of thioether (sulfide) groups is 1. The molecule has 6 nitrogen and oxygen atoms in total. The lowest BCUT2D eigenvalue weighted by atomic mass is 9.81. The first kappa shape index (κ1) is 19.9. The smallest absolute Gasteiger partial charge is 0.399 e. The lowest BCUT2D eigenvalue weighted by Gasteiger charge is -2.32. The van der Waals surface area contributed by atoms with Crippen LogP contribution in [0, 0.1) is 0 Å². The van der Waals surface area contributed by atoms with Gasteiger partial charge in [0.1, 0.15) is 5.88 Å². The molecule has 26 heavy (non-hydrogen) atoms. The average Bonchev–Trinajstić information content (AvgIpc) is 2.83. The summed E-state index contributed by atoms with van der Waals surface area (Å²) in [6, 6.07) is 0. The van der Waals surface area contributed by atoms with E-state index in [0.29, 0.717) is 17.0 Å². The van der Waals surface area contributed by atoms with Crippen molar-refractivity contribution in [2.45, 2.75) is 62.1 Å². The van der Waals surface area contributed by atoms with Crippen LogP contribution in [0.15, 0.2) is 17.6 Å². The molecular formula is C17H25BClN3O3S. The van der Waals surface area contributed by atoms with Crippen molar-refractivity contribution in [1.29, 1.82) is 0 Å². The maximum absolute atomic E-state index is 11.8. The molecule has 1 aromatic rings. The molecule has 2 saturated heterocycles. The number of amides is 1. The third-order valence-corrected chi connectivity index (χ3v) is 6.66. The second-order valence-corrected chi connectivity index (χ2v) is 9.28. The lowest BCUT2D eigenvalue weighted by Crippen LogP contribution is -2.41. The summed E-state index contributed by atoms with van der Waals surface area (Å²) in [7, 11) is -0.453. The molecule has 1 aromatic heterocycles. The SMILES string of the molecule is CC1(C)OB(c2cnc(S[C@@H]3CCCN(C(=O)CCl)C3)nc2)OC1(C)C. The highest BCUT2D eigenvalue weighted by Crippen LogP contribution is 2.36. The molecule has 3 heterocycles. The summed E-state index contributed by atoms with van der Waals surface area (Å²) < 4.78 is 12.1. The Labute approximate surface area is 164 Å². The maximum Gasteiger partial charge on any atom is 0.498 e. The van der Waals surface area contributed by atoms with Crippen LogP contribution in [-0.4, -0.2) is 63.3 Å². The third-order valence-electron chi connectivity index (χ3n) is 5.29. The van der Waals surface area contributed by atoms with Gasteiger partial charge in [0.05, 0.1) is 11.2 Å². The van der Waals surface area contributed by atoms with Gasteiger partial charge >= 0.3 is 7.12 Å². The van der Waals surface area contributed by atoms with E-state index >= 15 is 0 Å². The molecule has 1 amide bonds. The number of aromatic nitrogens is 2. The normalized spacial score (nSPS) is 24.7. The van der Waals surface area contributed by atoms with Gasteiger partial charge in [-0.05, 0) is 40.5 Å². The van der Waals surface area contributed by atoms with Crippen LogP contribution in [0.5, 0.6) is 0 Å². The van der Waals surface area contributed by atoms with E-state index < -0.39 is 7.12 Å². The van der Waals surface area contributed by atoms with Crippen molar-refractivity contribution in [1.82, 2.24) is 14.9 Å². The summed E-state index contributed by atoms with van der Waals surface area (Å²) in [6.07, 6.45) is 5.55. The van der Waals surface area contributed by atoms with Gasteiger partial charge in [0.15, 0.2) is 5.16 Å². The Morgan fingerprint density at radius 2 is 1.92 bits per heavy atom. The summed E-state index contributed by atoms with van der Waals surface area (Å²) in [4.78, 5) is 22.5. The van der Waals surface area contributed by atoms with Crippen molar-refractivity contribution in [2.75, 3.05) is 19.0 Å². The minimum atomic E-state index is -0.453. The van der Waals surface area contributed by atoms with Crippen molar-refractivity contribution in [3.8, 4) is 0 Å². The molecule has 0 spiro atoms. The quantitative estimate of drug-likeness (QED) is 0.440. The summed E-state index contributed by atoms with van der Waals surface area (Å²) in [5.41, 5.74) is 0.0487. The molecular weight excluding hydrogens is 373 g/mol. The zero-order chi connectivity index (χ0) is 18.9. The fourth-order valence-corrected chi connectivity index (χ4v) is 4.22. The molecule has 2 fully saturated rings. The van der Waals surface area contributed by atoms with Crippen molar-refractivity contribution >= 4 is 41.9 Å². The van der Waals surface area contributed by atoms with Gasteiger partial charge in [-0.3, -0.25) is 4.79 Å². The van der Waals surface area contributed by atoms with E-state index in [1.807, 2.05) is 32.6 Å². The topological polar surface area (TPSA) is 64.5 Å². The minimum Gasteiger partial charge on any atom is -0.399 e. The van der Waals surface area contributed by atoms with E-state index in [1.54, 1.807) is 24.2 Å². The lowest BCUT2D eigenvalue weighted by molar-refractivity contribution is -0.129. The molecule has 0 aromatic carbocycles. The Hall–Kier alpha value is -0.825. The Morgan fingerprint density at radius 1 is 1.31 bits per heavy atom. The van der Waals surface area contributed by atoms with Crippen LogP contribution in [-0.2, 0) is 14.1 Å². The monoisotopic (exact) mass is 397 g/mol. The predicted octanol–water partition coefficient (Wildman–Crippen LogP) is 2.10. The molecule has 0 radical (unpaired) electrons. The van der Waals surface area contributed by atoms with Crippen LogP contribution >= 0.6 is 23.4 Å². The van der Waals surface area contributed by atoms with E-state index in [0.717, 1.165) is 24.8 Å². The van der Waals surface area contributed by atoms with Crippen LogP contribution in [0.4, 0.5) is 0 Å². The average molecular weight is 398 g/mol. The van der Waals surface area contributed by atoms with Crippen LogP contribution in [0.25, 0.3) is 0 Å². The Bertz CT molecular complexity index is 643. The predicted molar refractivity (Wildman–Crippen MR) is 104 cm³/mol. The fraction of sp³-hybridized carbons (Fsp3) is 0.706. The van der Waals surface area contributed by atoms with Crippen molar-refractivity contribution in [2.24, 2.45) is 0 Å². The number of rotatable bonds is 4. The molecule has 2 aliphatic heterocycles. The molecule has 0 bridgehead atoms. The van der Waals surface area contributed by atoms with Gasteiger partial charge in [0, 0.05) is 36.2 Å². The maximum atomic E-state index is 11.8. The van der Waals surface area contributed by atoms with Crippen molar-refractivity contribution < 1.29 is 14.1 Å². The van der Waals surface area contributed by atoms with Crippen molar-refractivity contribution in [3.05, 3.63) is 12.4 Å². The number of hydrogen-bond donors (Lipinski definition) is 0. The fourth-order valence-electron chi connectivity index (χ4n) is 2.98. The van der Waals surface area contributed by atoms with E-state index in [1.165, 1.54) is 0 Å². The largest absolute Gasteiger partial charge is 0.498 e. The van der Waals surface area contributed by atoms with E-state index in [2.05, 4.69) is 9.97 Å². The van der Waals surface area contributed by atoms with Gasteiger partial charge < -0.3 is 14.2 Å². The second kappa shape index (κ2) is 7.66. The van der Waals surface area contributed by atoms with Crippen LogP contribution in [0.1, 0.15) is 40.5 Å². The number of carbonyl (C=O) groups excluding carboxylic acids is 1.